The number of anilines is 1. The molecule has 1 aliphatic rings. The molecule has 1 aliphatic heterocycles. The van der Waals surface area contributed by atoms with E-state index < -0.39 is 17.5 Å². The molecule has 1 aromatic carbocycles. The van der Waals surface area contributed by atoms with Crippen molar-refractivity contribution in [1.29, 1.82) is 0 Å². The SMILES string of the molecule is Cc1ncc(NCC(=O)c2cccc(C(F)(F)F)c2)cc1C1=CCC(Cl)=NN=C1. The van der Waals surface area contributed by atoms with Crippen LogP contribution < -0.4 is 5.32 Å². The van der Waals surface area contributed by atoms with Crippen molar-refractivity contribution in [3.63, 3.8) is 0 Å². The Balaban J connectivity index is 1.74. The summed E-state index contributed by atoms with van der Waals surface area (Å²) in [6.45, 7) is 1.66. The molecule has 0 fully saturated rings. The average Bonchev–Trinajstić information content (AvgIpc) is 2.91. The zero-order valence-corrected chi connectivity index (χ0v) is 16.1. The zero-order valence-electron chi connectivity index (χ0n) is 15.3. The average molecular weight is 421 g/mol. The van der Waals surface area contributed by atoms with Crippen LogP contribution in [0, 0.1) is 6.92 Å². The van der Waals surface area contributed by atoms with Crippen molar-refractivity contribution in [2.45, 2.75) is 19.5 Å². The van der Waals surface area contributed by atoms with E-state index in [4.69, 9.17) is 11.6 Å². The standard InChI is InChI=1S/C20H16ClF3N4O/c1-12-17(14-5-6-19(21)28-27-9-14)8-16(10-25-12)26-11-18(29)13-3-2-4-15(7-13)20(22,23)24/h2-5,7-10,26H,6,11H2,1H3. The van der Waals surface area contributed by atoms with E-state index in [0.717, 1.165) is 29.0 Å². The molecule has 1 N–H and O–H groups in total. The van der Waals surface area contributed by atoms with Gasteiger partial charge in [-0.1, -0.05) is 29.8 Å². The Hall–Kier alpha value is -3.00. The highest BCUT2D eigenvalue weighted by molar-refractivity contribution is 6.65. The Morgan fingerprint density at radius 1 is 1.28 bits per heavy atom. The summed E-state index contributed by atoms with van der Waals surface area (Å²) < 4.78 is 38.5. The second-order valence-electron chi connectivity index (χ2n) is 6.30. The van der Waals surface area contributed by atoms with Crippen molar-refractivity contribution in [3.05, 3.63) is 65.0 Å². The summed E-state index contributed by atoms with van der Waals surface area (Å²) in [6.07, 6.45) is 0.916. The molecule has 0 amide bonds. The van der Waals surface area contributed by atoms with E-state index >= 15 is 0 Å². The number of nitrogens with one attached hydrogen (secondary N) is 1. The summed E-state index contributed by atoms with van der Waals surface area (Å²) in [6, 6.07) is 6.14. The number of ketones is 1. The number of hydrogen-bond acceptors (Lipinski definition) is 5. The first kappa shape index (κ1) is 20.7. The molecule has 0 saturated carbocycles. The molecule has 5 nitrogen and oxygen atoms in total. The van der Waals surface area contributed by atoms with Gasteiger partial charge in [-0.3, -0.25) is 9.78 Å². The van der Waals surface area contributed by atoms with Crippen LogP contribution in [0.2, 0.25) is 0 Å². The summed E-state index contributed by atoms with van der Waals surface area (Å²) in [5.74, 6) is -0.464. The Labute approximate surface area is 170 Å². The van der Waals surface area contributed by atoms with Gasteiger partial charge in [-0.25, -0.2) is 0 Å². The Morgan fingerprint density at radius 3 is 2.83 bits per heavy atom. The molecule has 0 saturated heterocycles. The minimum Gasteiger partial charge on any atom is -0.376 e. The van der Waals surface area contributed by atoms with Crippen LogP contribution in [0.15, 0.2) is 52.8 Å². The molecule has 0 unspecified atom stereocenters. The van der Waals surface area contributed by atoms with Gasteiger partial charge >= 0.3 is 6.18 Å². The lowest BCUT2D eigenvalue weighted by Crippen LogP contribution is -2.15. The van der Waals surface area contributed by atoms with E-state index in [1.54, 1.807) is 18.5 Å². The van der Waals surface area contributed by atoms with Crippen molar-refractivity contribution < 1.29 is 18.0 Å². The normalized spacial score (nSPS) is 14.1. The number of benzene rings is 1. The summed E-state index contributed by atoms with van der Waals surface area (Å²) in [5.41, 5.74) is 1.99. The Kier molecular flexibility index (Phi) is 6.12. The molecule has 0 bridgehead atoms. The molecule has 0 atom stereocenters. The third-order valence-corrected chi connectivity index (χ3v) is 4.45. The van der Waals surface area contributed by atoms with E-state index in [0.29, 0.717) is 17.3 Å². The van der Waals surface area contributed by atoms with E-state index in [-0.39, 0.29) is 12.1 Å². The number of alkyl halides is 3. The molecule has 0 aliphatic carbocycles. The smallest absolute Gasteiger partial charge is 0.376 e. The van der Waals surface area contributed by atoms with Gasteiger partial charge in [-0.05, 0) is 25.1 Å². The van der Waals surface area contributed by atoms with Crippen molar-refractivity contribution in [2.75, 3.05) is 11.9 Å². The molecule has 1 aromatic heterocycles. The zero-order chi connectivity index (χ0) is 21.0. The molecule has 0 radical (unpaired) electrons. The van der Waals surface area contributed by atoms with Gasteiger partial charge in [0.2, 0.25) is 0 Å². The monoisotopic (exact) mass is 420 g/mol. The maximum Gasteiger partial charge on any atom is 0.416 e. The van der Waals surface area contributed by atoms with Crippen molar-refractivity contribution in [1.82, 2.24) is 4.98 Å². The van der Waals surface area contributed by atoms with E-state index in [1.807, 2.05) is 13.0 Å². The molecule has 2 aromatic rings. The number of halogens is 4. The lowest BCUT2D eigenvalue weighted by molar-refractivity contribution is -0.137. The minimum absolute atomic E-state index is 0.0157. The second kappa shape index (κ2) is 8.57. The van der Waals surface area contributed by atoms with Crippen LogP contribution in [0.1, 0.15) is 33.6 Å². The van der Waals surface area contributed by atoms with Crippen LogP contribution in [0.4, 0.5) is 18.9 Å². The second-order valence-corrected chi connectivity index (χ2v) is 6.73. The van der Waals surface area contributed by atoms with Gasteiger partial charge in [0.1, 0.15) is 5.17 Å². The van der Waals surface area contributed by atoms with E-state index in [9.17, 15) is 18.0 Å². The first-order valence-corrected chi connectivity index (χ1v) is 8.99. The molecule has 150 valence electrons. The van der Waals surface area contributed by atoms with Gasteiger partial charge in [0.05, 0.1) is 30.2 Å². The predicted molar refractivity (Wildman–Crippen MR) is 108 cm³/mol. The van der Waals surface area contributed by atoms with Crippen LogP contribution in [0.3, 0.4) is 0 Å². The Morgan fingerprint density at radius 2 is 2.07 bits per heavy atom. The van der Waals surface area contributed by atoms with Gasteiger partial charge in [0.25, 0.3) is 0 Å². The van der Waals surface area contributed by atoms with E-state index in [1.165, 1.54) is 12.1 Å². The number of pyridine rings is 1. The topological polar surface area (TPSA) is 66.7 Å². The van der Waals surface area contributed by atoms with Crippen LogP contribution in [0.5, 0.6) is 0 Å². The van der Waals surface area contributed by atoms with Crippen LogP contribution >= 0.6 is 11.6 Å². The number of nitrogens with zero attached hydrogens (tertiary/aromatic N) is 3. The number of aryl methyl sites for hydroxylation is 1. The number of hydrogen-bond donors (Lipinski definition) is 1. The van der Waals surface area contributed by atoms with E-state index in [2.05, 4.69) is 20.5 Å². The molecule has 2 heterocycles. The van der Waals surface area contributed by atoms with Crippen molar-refractivity contribution in [2.24, 2.45) is 10.2 Å². The third-order valence-electron chi connectivity index (χ3n) is 4.22. The largest absolute Gasteiger partial charge is 0.416 e. The molecular formula is C20H16ClF3N4O. The highest BCUT2D eigenvalue weighted by Gasteiger charge is 2.30. The molecule has 9 heteroatoms. The number of rotatable bonds is 5. The fourth-order valence-corrected chi connectivity index (χ4v) is 2.82. The molecular weight excluding hydrogens is 405 g/mol. The summed E-state index contributed by atoms with van der Waals surface area (Å²) in [5, 5.41) is 11.0. The predicted octanol–water partition coefficient (Wildman–Crippen LogP) is 5.11. The molecule has 3 rings (SSSR count). The molecule has 29 heavy (non-hydrogen) atoms. The lowest BCUT2D eigenvalue weighted by atomic mass is 10.0. The van der Waals surface area contributed by atoms with Crippen LogP contribution in [0.25, 0.3) is 5.57 Å². The summed E-state index contributed by atoms with van der Waals surface area (Å²) >= 11 is 5.88. The minimum atomic E-state index is -4.50. The quantitative estimate of drug-likeness (QED) is 0.683. The number of carbonyl (C=O) groups is 1. The number of allylic oxidation sites excluding steroid dienone is 2. The highest BCUT2D eigenvalue weighted by Crippen LogP contribution is 2.29. The van der Waals surface area contributed by atoms with Crippen molar-refractivity contribution in [3.8, 4) is 0 Å². The first-order valence-electron chi connectivity index (χ1n) is 8.61. The van der Waals surface area contributed by atoms with Crippen LogP contribution in [-0.4, -0.2) is 28.7 Å². The Bertz CT molecular complexity index is 1030. The summed E-state index contributed by atoms with van der Waals surface area (Å²) in [7, 11) is 0. The van der Waals surface area contributed by atoms with Gasteiger partial charge in [0.15, 0.2) is 5.78 Å². The maximum absolute atomic E-state index is 12.8. The highest BCUT2D eigenvalue weighted by atomic mass is 35.5. The fourth-order valence-electron chi connectivity index (χ4n) is 2.70. The first-order chi connectivity index (χ1) is 13.7. The lowest BCUT2D eigenvalue weighted by Gasteiger charge is -2.11. The number of Topliss-reactive ketones (excluding diaryl/α,β-unsaturated/α-hetero) is 1. The fraction of sp³-hybridized carbons (Fsp3) is 0.200. The third kappa shape index (κ3) is 5.29. The maximum atomic E-state index is 12.8. The number of aromatic nitrogens is 1. The van der Waals surface area contributed by atoms with Gasteiger partial charge in [-0.15, -0.1) is 5.10 Å². The van der Waals surface area contributed by atoms with Crippen molar-refractivity contribution >= 4 is 40.0 Å². The van der Waals surface area contributed by atoms with Crippen LogP contribution in [-0.2, 0) is 6.18 Å². The molecule has 0 spiro atoms. The van der Waals surface area contributed by atoms with Gasteiger partial charge in [-0.2, -0.15) is 18.3 Å². The van der Waals surface area contributed by atoms with Gasteiger partial charge < -0.3 is 5.32 Å². The van der Waals surface area contributed by atoms with Gasteiger partial charge in [0, 0.05) is 28.8 Å². The summed E-state index contributed by atoms with van der Waals surface area (Å²) in [4.78, 5) is 16.6. The number of carbonyl (C=O) groups excluding carboxylic acids is 1.